The molecular formula is C26H26N4O2. The zero-order valence-corrected chi connectivity index (χ0v) is 18.1. The molecule has 0 bridgehead atoms. The molecule has 2 heterocycles. The topological polar surface area (TPSA) is 67.2 Å². The smallest absolute Gasteiger partial charge is 0.241 e. The Bertz CT molecular complexity index is 1200. The summed E-state index contributed by atoms with van der Waals surface area (Å²) in [6.07, 6.45) is 2.42. The molecule has 0 fully saturated rings. The van der Waals surface area contributed by atoms with Crippen LogP contribution in [-0.2, 0) is 22.6 Å². The van der Waals surface area contributed by atoms with Gasteiger partial charge in [-0.1, -0.05) is 54.6 Å². The van der Waals surface area contributed by atoms with Crippen LogP contribution in [0.5, 0.6) is 0 Å². The van der Waals surface area contributed by atoms with Gasteiger partial charge in [-0.3, -0.25) is 14.6 Å². The van der Waals surface area contributed by atoms with Crippen molar-refractivity contribution in [3.8, 4) is 11.3 Å². The number of carbonyl (C=O) groups is 2. The molecular weight excluding hydrogens is 400 g/mol. The van der Waals surface area contributed by atoms with Gasteiger partial charge >= 0.3 is 0 Å². The Kier molecular flexibility index (Phi) is 6.60. The van der Waals surface area contributed by atoms with Crippen LogP contribution in [0.15, 0.2) is 85.1 Å². The minimum Gasteiger partial charge on any atom is -0.345 e. The van der Waals surface area contributed by atoms with Crippen molar-refractivity contribution in [1.82, 2.24) is 19.8 Å². The zero-order chi connectivity index (χ0) is 22.3. The Labute approximate surface area is 187 Å². The molecule has 0 aliphatic carbocycles. The van der Waals surface area contributed by atoms with Crippen LogP contribution in [0.4, 0.5) is 0 Å². The van der Waals surface area contributed by atoms with Crippen molar-refractivity contribution in [2.45, 2.75) is 13.0 Å². The number of para-hydroxylation sites is 1. The van der Waals surface area contributed by atoms with E-state index in [0.29, 0.717) is 13.0 Å². The highest BCUT2D eigenvalue weighted by atomic mass is 16.2. The van der Waals surface area contributed by atoms with Gasteiger partial charge in [-0.2, -0.15) is 0 Å². The van der Waals surface area contributed by atoms with E-state index in [-0.39, 0.29) is 24.9 Å². The molecule has 0 spiro atoms. The highest BCUT2D eigenvalue weighted by molar-refractivity contribution is 5.90. The molecule has 0 aliphatic rings. The third-order valence-electron chi connectivity index (χ3n) is 5.47. The van der Waals surface area contributed by atoms with Crippen LogP contribution in [-0.4, -0.2) is 46.4 Å². The van der Waals surface area contributed by atoms with Crippen molar-refractivity contribution in [2.75, 3.05) is 20.1 Å². The predicted molar refractivity (Wildman–Crippen MR) is 126 cm³/mol. The number of carbonyl (C=O) groups excluding carboxylic acids is 2. The number of amides is 2. The van der Waals surface area contributed by atoms with E-state index >= 15 is 0 Å². The highest BCUT2D eigenvalue weighted by Crippen LogP contribution is 2.28. The van der Waals surface area contributed by atoms with Gasteiger partial charge in [0.1, 0.15) is 6.54 Å². The first-order valence-corrected chi connectivity index (χ1v) is 10.7. The van der Waals surface area contributed by atoms with E-state index in [2.05, 4.69) is 16.4 Å². The molecule has 0 saturated carbocycles. The van der Waals surface area contributed by atoms with Crippen molar-refractivity contribution in [3.63, 3.8) is 0 Å². The summed E-state index contributed by atoms with van der Waals surface area (Å²) in [7, 11) is 1.74. The average molecular weight is 427 g/mol. The van der Waals surface area contributed by atoms with Crippen LogP contribution in [0.25, 0.3) is 22.2 Å². The number of hydrogen-bond donors (Lipinski definition) is 1. The van der Waals surface area contributed by atoms with Crippen molar-refractivity contribution < 1.29 is 9.59 Å². The fourth-order valence-electron chi connectivity index (χ4n) is 3.69. The fraction of sp³-hybridized carbons (Fsp3) is 0.192. The first-order chi connectivity index (χ1) is 15.6. The van der Waals surface area contributed by atoms with E-state index in [1.54, 1.807) is 18.1 Å². The summed E-state index contributed by atoms with van der Waals surface area (Å²) < 4.78 is 2.00. The molecule has 0 aliphatic heterocycles. The molecule has 6 heteroatoms. The van der Waals surface area contributed by atoms with Gasteiger partial charge in [0.05, 0.1) is 6.54 Å². The molecule has 4 rings (SSSR count). The fourth-order valence-corrected chi connectivity index (χ4v) is 3.69. The summed E-state index contributed by atoms with van der Waals surface area (Å²) in [6, 6.07) is 25.8. The van der Waals surface area contributed by atoms with Crippen LogP contribution in [0.1, 0.15) is 5.69 Å². The Balaban J connectivity index is 1.39. The van der Waals surface area contributed by atoms with Crippen LogP contribution in [0.2, 0.25) is 0 Å². The molecule has 1 N–H and O–H groups in total. The second-order valence-corrected chi connectivity index (χ2v) is 7.70. The summed E-state index contributed by atoms with van der Waals surface area (Å²) in [6.45, 7) is 0.659. The average Bonchev–Trinajstić information content (AvgIpc) is 3.20. The molecule has 162 valence electrons. The van der Waals surface area contributed by atoms with Crippen molar-refractivity contribution >= 4 is 22.7 Å². The molecule has 0 unspecified atom stereocenters. The van der Waals surface area contributed by atoms with Crippen LogP contribution in [0.3, 0.4) is 0 Å². The van der Waals surface area contributed by atoms with E-state index in [9.17, 15) is 9.59 Å². The summed E-state index contributed by atoms with van der Waals surface area (Å²) in [5.41, 5.74) is 3.94. The second kappa shape index (κ2) is 9.92. The second-order valence-electron chi connectivity index (χ2n) is 7.70. The van der Waals surface area contributed by atoms with Gasteiger partial charge in [-0.15, -0.1) is 0 Å². The van der Waals surface area contributed by atoms with E-state index in [1.165, 1.54) is 0 Å². The van der Waals surface area contributed by atoms with Crippen molar-refractivity contribution in [1.29, 1.82) is 0 Å². The number of fused-ring (bicyclic) bond motifs is 1. The van der Waals surface area contributed by atoms with Crippen LogP contribution < -0.4 is 5.32 Å². The standard InChI is InChI=1S/C26H26N4O2/c1-29(16-14-22-12-7-8-15-27-22)26(32)18-28-25(31)19-30-23-13-6-5-11-21(23)17-24(30)20-9-3-2-4-10-20/h2-13,15,17H,14,16,18-19H2,1H3,(H,28,31). The molecule has 6 nitrogen and oxygen atoms in total. The Morgan fingerprint density at radius 1 is 0.969 bits per heavy atom. The SMILES string of the molecule is CN(CCc1ccccn1)C(=O)CNC(=O)Cn1c(-c2ccccc2)cc2ccccc21. The molecule has 2 aromatic carbocycles. The van der Waals surface area contributed by atoms with Gasteiger partial charge in [0, 0.05) is 48.5 Å². The summed E-state index contributed by atoms with van der Waals surface area (Å²) in [5, 5.41) is 3.85. The van der Waals surface area contributed by atoms with E-state index in [1.807, 2.05) is 77.4 Å². The lowest BCUT2D eigenvalue weighted by Crippen LogP contribution is -2.40. The minimum atomic E-state index is -0.199. The van der Waals surface area contributed by atoms with Gasteiger partial charge < -0.3 is 14.8 Å². The molecule has 32 heavy (non-hydrogen) atoms. The van der Waals surface area contributed by atoms with Gasteiger partial charge in [0.25, 0.3) is 0 Å². The number of hydrogen-bond acceptors (Lipinski definition) is 3. The van der Waals surface area contributed by atoms with Gasteiger partial charge in [-0.25, -0.2) is 0 Å². The van der Waals surface area contributed by atoms with Gasteiger partial charge in [0.2, 0.25) is 11.8 Å². The van der Waals surface area contributed by atoms with Crippen molar-refractivity contribution in [3.05, 3.63) is 90.8 Å². The zero-order valence-electron chi connectivity index (χ0n) is 18.1. The van der Waals surface area contributed by atoms with E-state index in [0.717, 1.165) is 27.9 Å². The predicted octanol–water partition coefficient (Wildman–Crippen LogP) is 3.52. The molecule has 0 radical (unpaired) electrons. The molecule has 2 aromatic heterocycles. The Morgan fingerprint density at radius 3 is 2.50 bits per heavy atom. The van der Waals surface area contributed by atoms with E-state index in [4.69, 9.17) is 0 Å². The number of aromatic nitrogens is 2. The lowest BCUT2D eigenvalue weighted by atomic mass is 10.1. The number of nitrogens with one attached hydrogen (secondary N) is 1. The number of likely N-dealkylation sites (N-methyl/N-ethyl adjacent to an activating group) is 1. The number of benzene rings is 2. The van der Waals surface area contributed by atoms with Crippen molar-refractivity contribution in [2.24, 2.45) is 0 Å². The monoisotopic (exact) mass is 426 g/mol. The third-order valence-corrected chi connectivity index (χ3v) is 5.47. The maximum atomic E-state index is 12.7. The largest absolute Gasteiger partial charge is 0.345 e. The summed E-state index contributed by atoms with van der Waals surface area (Å²) in [4.78, 5) is 31.1. The molecule has 4 aromatic rings. The first-order valence-electron chi connectivity index (χ1n) is 10.7. The number of pyridine rings is 1. The first kappa shape index (κ1) is 21.3. The summed E-state index contributed by atoms with van der Waals surface area (Å²) >= 11 is 0. The lowest BCUT2D eigenvalue weighted by molar-refractivity contribution is -0.131. The number of nitrogens with zero attached hydrogens (tertiary/aromatic N) is 3. The molecule has 0 atom stereocenters. The van der Waals surface area contributed by atoms with Crippen LogP contribution >= 0.6 is 0 Å². The third kappa shape index (κ3) is 5.03. The lowest BCUT2D eigenvalue weighted by Gasteiger charge is -2.17. The molecule has 0 saturated heterocycles. The van der Waals surface area contributed by atoms with Crippen LogP contribution in [0, 0.1) is 0 Å². The maximum Gasteiger partial charge on any atom is 0.241 e. The Morgan fingerprint density at radius 2 is 1.72 bits per heavy atom. The normalized spacial score (nSPS) is 10.8. The van der Waals surface area contributed by atoms with Gasteiger partial charge in [0.15, 0.2) is 0 Å². The Hall–Kier alpha value is -3.93. The quantitative estimate of drug-likeness (QED) is 0.469. The van der Waals surface area contributed by atoms with E-state index < -0.39 is 0 Å². The minimum absolute atomic E-state index is 0.0303. The van der Waals surface area contributed by atoms with Gasteiger partial charge in [-0.05, 0) is 29.8 Å². The highest BCUT2D eigenvalue weighted by Gasteiger charge is 2.15. The number of rotatable bonds is 8. The maximum absolute atomic E-state index is 12.7. The summed E-state index contributed by atoms with van der Waals surface area (Å²) in [5.74, 6) is -0.329. The molecule has 2 amide bonds.